The zero-order valence-electron chi connectivity index (χ0n) is 9.57. The van der Waals surface area contributed by atoms with Crippen LogP contribution in [0.25, 0.3) is 5.57 Å². The summed E-state index contributed by atoms with van der Waals surface area (Å²) in [6, 6.07) is 7.93. The minimum Gasteiger partial charge on any atom is -0.300 e. The van der Waals surface area contributed by atoms with Gasteiger partial charge in [0.25, 0.3) is 0 Å². The molecule has 0 fully saturated rings. The Bertz CT molecular complexity index is 421. The van der Waals surface area contributed by atoms with Crippen molar-refractivity contribution >= 4 is 11.4 Å². The zero-order valence-corrected chi connectivity index (χ0v) is 9.57. The predicted octanol–water partition coefficient (Wildman–Crippen LogP) is 3.57. The lowest BCUT2D eigenvalue weighted by atomic mass is 10.0. The summed E-state index contributed by atoms with van der Waals surface area (Å²) < 4.78 is 0. The van der Waals surface area contributed by atoms with Crippen LogP contribution in [0.15, 0.2) is 55.7 Å². The summed E-state index contributed by atoms with van der Waals surface area (Å²) in [4.78, 5) is 10.9. The summed E-state index contributed by atoms with van der Waals surface area (Å²) in [5, 5.41) is 0. The number of carbonyl (C=O) groups excluding carboxylic acids is 1. The molecular weight excluding hydrogens is 196 g/mol. The van der Waals surface area contributed by atoms with E-state index in [9.17, 15) is 4.79 Å². The molecule has 1 aromatic carbocycles. The lowest BCUT2D eigenvalue weighted by molar-refractivity contribution is -0.116. The first kappa shape index (κ1) is 12.2. The molecule has 0 aromatic heterocycles. The van der Waals surface area contributed by atoms with Crippen LogP contribution >= 0.6 is 0 Å². The van der Waals surface area contributed by atoms with Crippen LogP contribution in [0.5, 0.6) is 0 Å². The van der Waals surface area contributed by atoms with Crippen LogP contribution in [0.2, 0.25) is 0 Å². The first-order chi connectivity index (χ1) is 7.67. The highest BCUT2D eigenvalue weighted by Gasteiger charge is 1.99. The average molecular weight is 212 g/mol. The molecule has 16 heavy (non-hydrogen) atoms. The normalized spacial score (nSPS) is 10.9. The molecule has 0 aliphatic rings. The number of hydrogen-bond donors (Lipinski definition) is 0. The van der Waals surface area contributed by atoms with Gasteiger partial charge in [-0.2, -0.15) is 0 Å². The Hall–Kier alpha value is -1.89. The van der Waals surface area contributed by atoms with Crippen LogP contribution in [-0.2, 0) is 11.2 Å². The van der Waals surface area contributed by atoms with Gasteiger partial charge in [-0.3, -0.25) is 4.79 Å². The van der Waals surface area contributed by atoms with E-state index in [-0.39, 0.29) is 5.78 Å². The van der Waals surface area contributed by atoms with Gasteiger partial charge in [-0.25, -0.2) is 0 Å². The van der Waals surface area contributed by atoms with Crippen molar-refractivity contribution in [3.63, 3.8) is 0 Å². The Kier molecular flexibility index (Phi) is 4.46. The second kappa shape index (κ2) is 5.86. The number of allylic oxidation sites excluding steroid dienone is 4. The van der Waals surface area contributed by atoms with E-state index in [1.165, 1.54) is 0 Å². The molecule has 0 N–H and O–H groups in total. The molecule has 0 spiro atoms. The molecule has 0 aliphatic carbocycles. The van der Waals surface area contributed by atoms with Gasteiger partial charge in [0.15, 0.2) is 0 Å². The van der Waals surface area contributed by atoms with E-state index in [0.29, 0.717) is 6.42 Å². The molecule has 0 heterocycles. The lowest BCUT2D eigenvalue weighted by Crippen LogP contribution is -1.95. The summed E-state index contributed by atoms with van der Waals surface area (Å²) in [7, 11) is 0. The Morgan fingerprint density at radius 2 is 1.88 bits per heavy atom. The second-order valence-electron chi connectivity index (χ2n) is 3.64. The Morgan fingerprint density at radius 1 is 1.25 bits per heavy atom. The van der Waals surface area contributed by atoms with Gasteiger partial charge in [-0.05, 0) is 23.6 Å². The van der Waals surface area contributed by atoms with E-state index in [1.807, 2.05) is 30.3 Å². The molecule has 82 valence electrons. The maximum absolute atomic E-state index is 10.9. The number of carbonyl (C=O) groups is 1. The van der Waals surface area contributed by atoms with Crippen LogP contribution < -0.4 is 0 Å². The topological polar surface area (TPSA) is 17.1 Å². The highest BCUT2D eigenvalue weighted by Crippen LogP contribution is 2.16. The third-order valence-corrected chi connectivity index (χ3v) is 2.26. The molecular formula is C15H16O. The minimum absolute atomic E-state index is 0.179. The van der Waals surface area contributed by atoms with Crippen molar-refractivity contribution in [3.8, 4) is 0 Å². The van der Waals surface area contributed by atoms with Crippen molar-refractivity contribution in [2.45, 2.75) is 13.3 Å². The molecule has 0 bridgehead atoms. The highest BCUT2D eigenvalue weighted by molar-refractivity contribution is 5.79. The van der Waals surface area contributed by atoms with Crippen molar-refractivity contribution in [3.05, 3.63) is 66.8 Å². The molecule has 0 aliphatic heterocycles. The fourth-order valence-corrected chi connectivity index (χ4v) is 1.51. The average Bonchev–Trinajstić information content (AvgIpc) is 2.26. The Morgan fingerprint density at radius 3 is 2.31 bits per heavy atom. The largest absolute Gasteiger partial charge is 0.300 e. The van der Waals surface area contributed by atoms with Crippen LogP contribution in [-0.4, -0.2) is 5.78 Å². The summed E-state index contributed by atoms with van der Waals surface area (Å²) in [6.07, 6.45) is 5.93. The van der Waals surface area contributed by atoms with Crippen LogP contribution in [0.4, 0.5) is 0 Å². The summed E-state index contributed by atoms with van der Waals surface area (Å²) in [6.45, 7) is 9.02. The Balaban J connectivity index is 2.93. The molecule has 0 atom stereocenters. The van der Waals surface area contributed by atoms with E-state index in [4.69, 9.17) is 0 Å². The quantitative estimate of drug-likeness (QED) is 0.682. The molecule has 1 nitrogen and oxygen atoms in total. The number of Topliss-reactive ketones (excluding diaryl/α,β-unsaturated/α-hetero) is 1. The van der Waals surface area contributed by atoms with E-state index < -0.39 is 0 Å². The molecule has 1 rings (SSSR count). The predicted molar refractivity (Wildman–Crippen MR) is 69.2 cm³/mol. The SMILES string of the molecule is C=C/C=C(\C=C)c1ccc(CC(C)=O)cc1. The van der Waals surface area contributed by atoms with Crippen molar-refractivity contribution in [1.82, 2.24) is 0 Å². The monoisotopic (exact) mass is 212 g/mol. The summed E-state index contributed by atoms with van der Waals surface area (Å²) >= 11 is 0. The molecule has 0 saturated heterocycles. The van der Waals surface area contributed by atoms with Crippen molar-refractivity contribution in [2.24, 2.45) is 0 Å². The van der Waals surface area contributed by atoms with Gasteiger partial charge in [-0.15, -0.1) is 0 Å². The Labute approximate surface area is 96.8 Å². The first-order valence-corrected chi connectivity index (χ1v) is 5.21. The number of benzene rings is 1. The van der Waals surface area contributed by atoms with Crippen molar-refractivity contribution < 1.29 is 4.79 Å². The first-order valence-electron chi connectivity index (χ1n) is 5.21. The second-order valence-corrected chi connectivity index (χ2v) is 3.64. The number of hydrogen-bond acceptors (Lipinski definition) is 1. The maximum Gasteiger partial charge on any atom is 0.134 e. The van der Waals surface area contributed by atoms with Gasteiger partial charge in [-0.1, -0.05) is 55.7 Å². The van der Waals surface area contributed by atoms with E-state index in [0.717, 1.165) is 16.7 Å². The van der Waals surface area contributed by atoms with E-state index in [1.54, 1.807) is 19.1 Å². The van der Waals surface area contributed by atoms with Crippen LogP contribution in [0.3, 0.4) is 0 Å². The molecule has 1 aromatic rings. The lowest BCUT2D eigenvalue weighted by Gasteiger charge is -2.03. The number of ketones is 1. The fraction of sp³-hybridized carbons (Fsp3) is 0.133. The minimum atomic E-state index is 0.179. The summed E-state index contributed by atoms with van der Waals surface area (Å²) in [5.41, 5.74) is 3.16. The highest BCUT2D eigenvalue weighted by atomic mass is 16.1. The van der Waals surface area contributed by atoms with Crippen molar-refractivity contribution in [1.29, 1.82) is 0 Å². The maximum atomic E-state index is 10.9. The molecule has 0 amide bonds. The van der Waals surface area contributed by atoms with E-state index >= 15 is 0 Å². The molecule has 0 unspecified atom stereocenters. The number of rotatable bonds is 5. The van der Waals surface area contributed by atoms with Gasteiger partial charge in [0.05, 0.1) is 0 Å². The fourth-order valence-electron chi connectivity index (χ4n) is 1.51. The van der Waals surface area contributed by atoms with E-state index in [2.05, 4.69) is 13.2 Å². The summed E-state index contributed by atoms with van der Waals surface area (Å²) in [5.74, 6) is 0.179. The van der Waals surface area contributed by atoms with Crippen LogP contribution in [0.1, 0.15) is 18.1 Å². The molecule has 0 radical (unpaired) electrons. The van der Waals surface area contributed by atoms with Gasteiger partial charge in [0, 0.05) is 6.42 Å². The molecule has 1 heteroatoms. The van der Waals surface area contributed by atoms with Gasteiger partial charge in [0.1, 0.15) is 5.78 Å². The van der Waals surface area contributed by atoms with Crippen molar-refractivity contribution in [2.75, 3.05) is 0 Å². The van der Waals surface area contributed by atoms with Gasteiger partial charge < -0.3 is 0 Å². The third kappa shape index (κ3) is 3.35. The van der Waals surface area contributed by atoms with Gasteiger partial charge in [0.2, 0.25) is 0 Å². The molecule has 0 saturated carbocycles. The third-order valence-electron chi connectivity index (χ3n) is 2.26. The smallest absolute Gasteiger partial charge is 0.134 e. The van der Waals surface area contributed by atoms with Crippen LogP contribution in [0, 0.1) is 0 Å². The van der Waals surface area contributed by atoms with Gasteiger partial charge >= 0.3 is 0 Å². The zero-order chi connectivity index (χ0) is 12.0. The standard InChI is InChI=1S/C15H16O/c1-4-6-14(5-2)15-9-7-13(8-10-15)11-12(3)16/h4-10H,1-2,11H2,3H3/b14-6+.